The third-order valence-electron chi connectivity index (χ3n) is 5.09. The predicted octanol–water partition coefficient (Wildman–Crippen LogP) is 0.149. The second-order valence-electron chi connectivity index (χ2n) is 6.53. The summed E-state index contributed by atoms with van der Waals surface area (Å²) in [4.78, 5) is 10.9. The zero-order chi connectivity index (χ0) is 17.1. The highest BCUT2D eigenvalue weighted by Gasteiger charge is 2.34. The topological polar surface area (TPSA) is 75.9 Å². The van der Waals surface area contributed by atoms with E-state index in [4.69, 9.17) is 4.74 Å². The Morgan fingerprint density at radius 2 is 2.04 bits per heavy atom. The number of likely N-dealkylation sites (N-methyl/N-ethyl adjacent to an activating group) is 1. The van der Waals surface area contributed by atoms with Gasteiger partial charge in [-0.1, -0.05) is 0 Å². The largest absolute Gasteiger partial charge is 0.480 e. The first-order chi connectivity index (χ1) is 11.6. The third-order valence-corrected chi connectivity index (χ3v) is 5.09. The summed E-state index contributed by atoms with van der Waals surface area (Å²) in [5, 5.41) is 20.1. The number of anilines is 1. The number of β-amino-alcohol motifs (C(OH)–C–C–N with tert-alkyl or cyclic N) is 1. The highest BCUT2D eigenvalue weighted by molar-refractivity contribution is 5.63. The minimum Gasteiger partial charge on any atom is -0.480 e. The summed E-state index contributed by atoms with van der Waals surface area (Å²) in [6.45, 7) is 5.45. The minimum atomic E-state index is -0.423. The zero-order valence-corrected chi connectivity index (χ0v) is 14.4. The number of aromatic nitrogens is 1. The van der Waals surface area contributed by atoms with Gasteiger partial charge in [0.1, 0.15) is 11.6 Å². The maximum Gasteiger partial charge on any atom is 0.233 e. The normalized spacial score (nSPS) is 26.2. The molecular formula is C17H25N5O2. The fraction of sp³-hybridized carbons (Fsp3) is 0.647. The lowest BCUT2D eigenvalue weighted by molar-refractivity contribution is 0.0139. The molecule has 2 aliphatic heterocycles. The molecule has 2 aliphatic rings. The molecule has 2 atom stereocenters. The van der Waals surface area contributed by atoms with Gasteiger partial charge in [0.15, 0.2) is 0 Å². The molecule has 2 fully saturated rings. The Morgan fingerprint density at radius 3 is 2.67 bits per heavy atom. The number of nitriles is 1. The van der Waals surface area contributed by atoms with Gasteiger partial charge in [0.25, 0.3) is 0 Å². The molecule has 0 amide bonds. The molecule has 0 radical (unpaired) electrons. The SMILES string of the molecule is COc1nccc(N2CC[C@@H](N3CCN(C)CC3)[C@H](O)C2)c1C#N. The van der Waals surface area contributed by atoms with Crippen LogP contribution in [0.25, 0.3) is 0 Å². The highest BCUT2D eigenvalue weighted by Crippen LogP contribution is 2.30. The summed E-state index contributed by atoms with van der Waals surface area (Å²) in [7, 11) is 3.65. The smallest absolute Gasteiger partial charge is 0.233 e. The summed E-state index contributed by atoms with van der Waals surface area (Å²) < 4.78 is 5.19. The van der Waals surface area contributed by atoms with Crippen molar-refractivity contribution in [3.8, 4) is 11.9 Å². The van der Waals surface area contributed by atoms with E-state index >= 15 is 0 Å². The van der Waals surface area contributed by atoms with Gasteiger partial charge in [-0.15, -0.1) is 0 Å². The molecule has 0 spiro atoms. The second kappa shape index (κ2) is 7.34. The molecule has 1 aromatic heterocycles. The first kappa shape index (κ1) is 17.0. The molecule has 3 heterocycles. The van der Waals surface area contributed by atoms with Crippen LogP contribution in [0.3, 0.4) is 0 Å². The Hall–Kier alpha value is -1.88. The van der Waals surface area contributed by atoms with Gasteiger partial charge in [0, 0.05) is 51.5 Å². The molecule has 0 saturated carbocycles. The Labute approximate surface area is 143 Å². The van der Waals surface area contributed by atoms with E-state index in [0.717, 1.165) is 44.8 Å². The van der Waals surface area contributed by atoms with Crippen molar-refractivity contribution in [3.05, 3.63) is 17.8 Å². The number of aliphatic hydroxyl groups is 1. The van der Waals surface area contributed by atoms with Gasteiger partial charge in [-0.3, -0.25) is 4.90 Å². The van der Waals surface area contributed by atoms with Crippen molar-refractivity contribution < 1.29 is 9.84 Å². The average Bonchev–Trinajstić information content (AvgIpc) is 2.61. The molecule has 130 valence electrons. The lowest BCUT2D eigenvalue weighted by Crippen LogP contribution is -2.58. The molecule has 2 saturated heterocycles. The Bertz CT molecular complexity index is 609. The molecule has 0 bridgehead atoms. The minimum absolute atomic E-state index is 0.198. The molecule has 0 aromatic carbocycles. The van der Waals surface area contributed by atoms with Crippen LogP contribution in [0.4, 0.5) is 5.69 Å². The third kappa shape index (κ3) is 3.31. The van der Waals surface area contributed by atoms with Gasteiger partial charge in [0.05, 0.1) is 18.9 Å². The second-order valence-corrected chi connectivity index (χ2v) is 6.53. The van der Waals surface area contributed by atoms with E-state index in [2.05, 4.69) is 32.8 Å². The summed E-state index contributed by atoms with van der Waals surface area (Å²) >= 11 is 0. The van der Waals surface area contributed by atoms with Gasteiger partial charge < -0.3 is 19.6 Å². The van der Waals surface area contributed by atoms with E-state index in [1.54, 1.807) is 6.20 Å². The van der Waals surface area contributed by atoms with E-state index < -0.39 is 6.10 Å². The number of rotatable bonds is 3. The summed E-state index contributed by atoms with van der Waals surface area (Å²) in [6.07, 6.45) is 2.11. The van der Waals surface area contributed by atoms with Crippen LogP contribution in [0.1, 0.15) is 12.0 Å². The summed E-state index contributed by atoms with van der Waals surface area (Å²) in [5.41, 5.74) is 1.23. The number of piperazine rings is 1. The van der Waals surface area contributed by atoms with Gasteiger partial charge in [0.2, 0.25) is 5.88 Å². The molecule has 1 N–H and O–H groups in total. The number of hydrogen-bond donors (Lipinski definition) is 1. The molecule has 7 heteroatoms. The van der Waals surface area contributed by atoms with Crippen LogP contribution >= 0.6 is 0 Å². The van der Waals surface area contributed by atoms with E-state index in [0.29, 0.717) is 18.0 Å². The summed E-state index contributed by atoms with van der Waals surface area (Å²) in [5.74, 6) is 0.339. The maximum atomic E-state index is 10.7. The molecular weight excluding hydrogens is 306 g/mol. The number of piperidine rings is 1. The van der Waals surface area contributed by atoms with Gasteiger partial charge in [-0.25, -0.2) is 4.98 Å². The van der Waals surface area contributed by atoms with Crippen LogP contribution in [0.15, 0.2) is 12.3 Å². The van der Waals surface area contributed by atoms with Crippen LogP contribution in [0, 0.1) is 11.3 Å². The highest BCUT2D eigenvalue weighted by atomic mass is 16.5. The maximum absolute atomic E-state index is 10.7. The van der Waals surface area contributed by atoms with Crippen molar-refractivity contribution in [2.75, 3.05) is 58.3 Å². The lowest BCUT2D eigenvalue weighted by Gasteiger charge is -2.45. The monoisotopic (exact) mass is 331 g/mol. The summed E-state index contributed by atoms with van der Waals surface area (Å²) in [6, 6.07) is 4.20. The molecule has 24 heavy (non-hydrogen) atoms. The Balaban J connectivity index is 1.71. The van der Waals surface area contributed by atoms with Gasteiger partial charge in [-0.2, -0.15) is 5.26 Å². The number of hydrogen-bond acceptors (Lipinski definition) is 7. The standard InChI is InChI=1S/C17H25N5O2/c1-20-7-9-21(10-8-20)15-4-6-22(12-16(15)23)14-3-5-19-17(24-2)13(14)11-18/h3,5,15-16,23H,4,6-10,12H2,1-2H3/t15-,16-/m1/s1. The molecule has 0 aliphatic carbocycles. The number of nitrogens with zero attached hydrogens (tertiary/aromatic N) is 5. The van der Waals surface area contributed by atoms with Crippen LogP contribution in [-0.4, -0.2) is 85.5 Å². The average molecular weight is 331 g/mol. The fourth-order valence-corrected chi connectivity index (χ4v) is 3.67. The van der Waals surface area contributed by atoms with E-state index in [1.165, 1.54) is 7.11 Å². The number of ether oxygens (including phenoxy) is 1. The van der Waals surface area contributed by atoms with Crippen molar-refractivity contribution in [3.63, 3.8) is 0 Å². The zero-order valence-electron chi connectivity index (χ0n) is 14.4. The number of pyridine rings is 1. The molecule has 7 nitrogen and oxygen atoms in total. The number of aliphatic hydroxyl groups excluding tert-OH is 1. The quantitative estimate of drug-likeness (QED) is 0.845. The molecule has 3 rings (SSSR count). The lowest BCUT2D eigenvalue weighted by atomic mass is 9.98. The van der Waals surface area contributed by atoms with E-state index in [-0.39, 0.29) is 6.04 Å². The van der Waals surface area contributed by atoms with Gasteiger partial charge >= 0.3 is 0 Å². The van der Waals surface area contributed by atoms with Crippen molar-refractivity contribution in [2.45, 2.75) is 18.6 Å². The van der Waals surface area contributed by atoms with Crippen LogP contribution in [0.2, 0.25) is 0 Å². The number of methoxy groups -OCH3 is 1. The van der Waals surface area contributed by atoms with E-state index in [9.17, 15) is 10.4 Å². The first-order valence-corrected chi connectivity index (χ1v) is 8.42. The van der Waals surface area contributed by atoms with E-state index in [1.807, 2.05) is 6.07 Å². The van der Waals surface area contributed by atoms with Crippen molar-refractivity contribution in [1.82, 2.24) is 14.8 Å². The first-order valence-electron chi connectivity index (χ1n) is 8.42. The Morgan fingerprint density at radius 1 is 1.29 bits per heavy atom. The van der Waals surface area contributed by atoms with Crippen molar-refractivity contribution in [1.29, 1.82) is 5.26 Å². The van der Waals surface area contributed by atoms with Gasteiger partial charge in [-0.05, 0) is 19.5 Å². The fourth-order valence-electron chi connectivity index (χ4n) is 3.67. The van der Waals surface area contributed by atoms with Crippen LogP contribution in [0.5, 0.6) is 5.88 Å². The van der Waals surface area contributed by atoms with Crippen LogP contribution in [-0.2, 0) is 0 Å². The Kier molecular flexibility index (Phi) is 5.19. The molecule has 0 unspecified atom stereocenters. The van der Waals surface area contributed by atoms with Crippen LogP contribution < -0.4 is 9.64 Å². The van der Waals surface area contributed by atoms with Crippen molar-refractivity contribution >= 4 is 5.69 Å². The molecule has 1 aromatic rings. The predicted molar refractivity (Wildman–Crippen MR) is 91.2 cm³/mol. The van der Waals surface area contributed by atoms with Crippen molar-refractivity contribution in [2.24, 2.45) is 0 Å².